The standard InChI is InChI=1S/C25H31N3O3/c29-24(20-9-8-14-26-19-20)28-17-12-21(13-18-28)31-23-11-5-4-10-22(23)25(30)27-15-6-2-1-3-7-16-27/h4-5,8-11,14,19,21H,1-3,6-7,12-13,15-18H2. The van der Waals surface area contributed by atoms with Gasteiger partial charge in [-0.2, -0.15) is 0 Å². The number of rotatable bonds is 4. The second-order valence-corrected chi connectivity index (χ2v) is 8.41. The van der Waals surface area contributed by atoms with Crippen LogP contribution in [0, 0.1) is 0 Å². The molecule has 0 saturated carbocycles. The molecule has 0 spiro atoms. The number of amides is 2. The van der Waals surface area contributed by atoms with E-state index >= 15 is 0 Å². The van der Waals surface area contributed by atoms with Crippen molar-refractivity contribution in [1.82, 2.24) is 14.8 Å². The summed E-state index contributed by atoms with van der Waals surface area (Å²) < 4.78 is 6.29. The van der Waals surface area contributed by atoms with Crippen LogP contribution in [0.4, 0.5) is 0 Å². The van der Waals surface area contributed by atoms with Gasteiger partial charge < -0.3 is 14.5 Å². The van der Waals surface area contributed by atoms with E-state index in [4.69, 9.17) is 4.74 Å². The maximum Gasteiger partial charge on any atom is 0.257 e. The minimum absolute atomic E-state index is 0.000711. The van der Waals surface area contributed by atoms with Crippen LogP contribution in [0.5, 0.6) is 5.75 Å². The number of piperidine rings is 1. The van der Waals surface area contributed by atoms with Crippen LogP contribution in [0.2, 0.25) is 0 Å². The monoisotopic (exact) mass is 421 g/mol. The molecule has 0 atom stereocenters. The Balaban J connectivity index is 1.37. The van der Waals surface area contributed by atoms with Gasteiger partial charge in [-0.25, -0.2) is 0 Å². The van der Waals surface area contributed by atoms with Crippen LogP contribution >= 0.6 is 0 Å². The number of carbonyl (C=O) groups is 2. The van der Waals surface area contributed by atoms with Crippen molar-refractivity contribution in [3.63, 3.8) is 0 Å². The fourth-order valence-corrected chi connectivity index (χ4v) is 4.40. The summed E-state index contributed by atoms with van der Waals surface area (Å²) >= 11 is 0. The Hall–Kier alpha value is -2.89. The first-order valence-electron chi connectivity index (χ1n) is 11.5. The third-order valence-electron chi connectivity index (χ3n) is 6.19. The van der Waals surface area contributed by atoms with E-state index in [1.807, 2.05) is 34.1 Å². The highest BCUT2D eigenvalue weighted by Gasteiger charge is 2.27. The van der Waals surface area contributed by atoms with Gasteiger partial charge in [0.15, 0.2) is 0 Å². The van der Waals surface area contributed by atoms with Gasteiger partial charge in [-0.3, -0.25) is 14.6 Å². The largest absolute Gasteiger partial charge is 0.489 e. The molecule has 2 amide bonds. The first-order chi connectivity index (χ1) is 15.2. The third-order valence-corrected chi connectivity index (χ3v) is 6.19. The molecule has 0 radical (unpaired) electrons. The molecule has 0 bridgehead atoms. The lowest BCUT2D eigenvalue weighted by atomic mass is 10.1. The Morgan fingerprint density at radius 2 is 1.48 bits per heavy atom. The normalized spacial score (nSPS) is 18.2. The van der Waals surface area contributed by atoms with Gasteiger partial charge in [0.25, 0.3) is 11.8 Å². The number of aromatic nitrogens is 1. The van der Waals surface area contributed by atoms with Crippen LogP contribution in [0.1, 0.15) is 65.7 Å². The van der Waals surface area contributed by atoms with Crippen molar-refractivity contribution in [1.29, 1.82) is 0 Å². The zero-order valence-corrected chi connectivity index (χ0v) is 18.0. The summed E-state index contributed by atoms with van der Waals surface area (Å²) in [6, 6.07) is 11.2. The lowest BCUT2D eigenvalue weighted by molar-refractivity contribution is 0.0589. The van der Waals surface area contributed by atoms with E-state index in [0.717, 1.165) is 38.8 Å². The Morgan fingerprint density at radius 1 is 0.806 bits per heavy atom. The van der Waals surface area contributed by atoms with Crippen LogP contribution < -0.4 is 4.74 Å². The Kier molecular flexibility index (Phi) is 7.18. The molecule has 4 rings (SSSR count). The van der Waals surface area contributed by atoms with E-state index in [0.29, 0.717) is 30.0 Å². The molecule has 1 aromatic carbocycles. The molecule has 2 aliphatic rings. The number of carbonyl (C=O) groups excluding carboxylic acids is 2. The number of pyridine rings is 1. The van der Waals surface area contributed by atoms with Crippen LogP contribution in [0.25, 0.3) is 0 Å². The van der Waals surface area contributed by atoms with E-state index in [2.05, 4.69) is 4.98 Å². The van der Waals surface area contributed by atoms with E-state index in [1.54, 1.807) is 24.5 Å². The van der Waals surface area contributed by atoms with Gasteiger partial charge in [-0.1, -0.05) is 31.4 Å². The highest BCUT2D eigenvalue weighted by molar-refractivity contribution is 5.97. The first-order valence-corrected chi connectivity index (χ1v) is 11.5. The number of nitrogens with zero attached hydrogens (tertiary/aromatic N) is 3. The van der Waals surface area contributed by atoms with Gasteiger partial charge in [-0.05, 0) is 37.1 Å². The lowest BCUT2D eigenvalue weighted by Crippen LogP contribution is -2.42. The summed E-state index contributed by atoms with van der Waals surface area (Å²) in [7, 11) is 0. The molecular formula is C25H31N3O3. The molecular weight excluding hydrogens is 390 g/mol. The van der Waals surface area contributed by atoms with E-state index < -0.39 is 0 Å². The Morgan fingerprint density at radius 3 is 2.19 bits per heavy atom. The molecule has 2 fully saturated rings. The summed E-state index contributed by atoms with van der Waals surface area (Å²) in [6.07, 6.45) is 10.6. The molecule has 0 unspecified atom stereocenters. The maximum absolute atomic E-state index is 13.2. The second-order valence-electron chi connectivity index (χ2n) is 8.41. The number of benzene rings is 1. The minimum atomic E-state index is -0.000711. The molecule has 2 aliphatic heterocycles. The van der Waals surface area contributed by atoms with E-state index in [1.165, 1.54) is 19.3 Å². The molecule has 6 nitrogen and oxygen atoms in total. The SMILES string of the molecule is O=C(c1cccnc1)N1CCC(Oc2ccccc2C(=O)N2CCCCCCC2)CC1. The van der Waals surface area contributed by atoms with Crippen LogP contribution in [-0.2, 0) is 0 Å². The fourth-order valence-electron chi connectivity index (χ4n) is 4.40. The number of likely N-dealkylation sites (tertiary alicyclic amines) is 2. The van der Waals surface area contributed by atoms with Crippen molar-refractivity contribution < 1.29 is 14.3 Å². The van der Waals surface area contributed by atoms with Gasteiger partial charge in [0.1, 0.15) is 11.9 Å². The molecule has 164 valence electrons. The van der Waals surface area contributed by atoms with Crippen molar-refractivity contribution in [3.05, 3.63) is 59.9 Å². The third kappa shape index (κ3) is 5.43. The number of hydrogen-bond acceptors (Lipinski definition) is 4. The highest BCUT2D eigenvalue weighted by atomic mass is 16.5. The van der Waals surface area contributed by atoms with Gasteiger partial charge in [0, 0.05) is 51.4 Å². The van der Waals surface area contributed by atoms with E-state index in [9.17, 15) is 9.59 Å². The minimum Gasteiger partial charge on any atom is -0.489 e. The predicted molar refractivity (Wildman–Crippen MR) is 119 cm³/mol. The molecule has 2 aromatic rings. The zero-order valence-electron chi connectivity index (χ0n) is 18.0. The predicted octanol–water partition coefficient (Wildman–Crippen LogP) is 4.17. The number of ether oxygens (including phenoxy) is 1. The summed E-state index contributed by atoms with van der Waals surface area (Å²) in [5.74, 6) is 0.743. The van der Waals surface area contributed by atoms with Crippen molar-refractivity contribution in [3.8, 4) is 5.75 Å². The molecule has 6 heteroatoms. The van der Waals surface area contributed by atoms with Crippen LogP contribution in [0.3, 0.4) is 0 Å². The fraction of sp³-hybridized carbons (Fsp3) is 0.480. The topological polar surface area (TPSA) is 62.7 Å². The van der Waals surface area contributed by atoms with Crippen molar-refractivity contribution in [2.75, 3.05) is 26.2 Å². The van der Waals surface area contributed by atoms with Gasteiger partial charge in [0.05, 0.1) is 11.1 Å². The summed E-state index contributed by atoms with van der Waals surface area (Å²) in [5, 5.41) is 0. The average molecular weight is 422 g/mol. The Labute approximate surface area is 184 Å². The molecule has 31 heavy (non-hydrogen) atoms. The quantitative estimate of drug-likeness (QED) is 0.743. The summed E-state index contributed by atoms with van der Waals surface area (Å²) in [6.45, 7) is 2.92. The molecule has 0 aliphatic carbocycles. The van der Waals surface area contributed by atoms with Gasteiger partial charge >= 0.3 is 0 Å². The van der Waals surface area contributed by atoms with Gasteiger partial charge in [-0.15, -0.1) is 0 Å². The van der Waals surface area contributed by atoms with Crippen LogP contribution in [-0.4, -0.2) is 58.9 Å². The molecule has 2 saturated heterocycles. The van der Waals surface area contributed by atoms with Crippen molar-refractivity contribution in [2.45, 2.75) is 51.0 Å². The smallest absolute Gasteiger partial charge is 0.257 e. The number of para-hydroxylation sites is 1. The number of hydrogen-bond donors (Lipinski definition) is 0. The highest BCUT2D eigenvalue weighted by Crippen LogP contribution is 2.26. The Bertz CT molecular complexity index is 871. The van der Waals surface area contributed by atoms with Crippen molar-refractivity contribution >= 4 is 11.8 Å². The summed E-state index contributed by atoms with van der Waals surface area (Å²) in [5.41, 5.74) is 1.27. The van der Waals surface area contributed by atoms with E-state index in [-0.39, 0.29) is 17.9 Å². The van der Waals surface area contributed by atoms with Gasteiger partial charge in [0.2, 0.25) is 0 Å². The summed E-state index contributed by atoms with van der Waals surface area (Å²) in [4.78, 5) is 33.7. The average Bonchev–Trinajstić information content (AvgIpc) is 2.79. The lowest BCUT2D eigenvalue weighted by Gasteiger charge is -2.33. The van der Waals surface area contributed by atoms with Crippen LogP contribution in [0.15, 0.2) is 48.8 Å². The first kappa shape index (κ1) is 21.3. The second kappa shape index (κ2) is 10.4. The van der Waals surface area contributed by atoms with Crippen molar-refractivity contribution in [2.24, 2.45) is 0 Å². The maximum atomic E-state index is 13.2. The zero-order chi connectivity index (χ0) is 21.5. The molecule has 0 N–H and O–H groups in total. The molecule has 1 aromatic heterocycles. The molecule has 3 heterocycles.